The Morgan fingerprint density at radius 1 is 1.06 bits per heavy atom. The van der Waals surface area contributed by atoms with E-state index in [1.807, 2.05) is 0 Å². The minimum atomic E-state index is 0.443. The van der Waals surface area contributed by atoms with Crippen LogP contribution in [-0.2, 0) is 0 Å². The second-order valence-electron chi connectivity index (χ2n) is 7.57. The van der Waals surface area contributed by atoms with Gasteiger partial charge in [-0.3, -0.25) is 4.90 Å². The highest BCUT2D eigenvalue weighted by Gasteiger charge is 2.29. The predicted octanol–water partition coefficient (Wildman–Crippen LogP) is 3.23. The summed E-state index contributed by atoms with van der Waals surface area (Å²) in [6, 6.07) is 0.855. The van der Waals surface area contributed by atoms with E-state index in [0.29, 0.717) is 5.41 Å². The maximum absolute atomic E-state index is 2.76. The third-order valence-electron chi connectivity index (χ3n) is 5.15. The van der Waals surface area contributed by atoms with Crippen molar-refractivity contribution in [1.82, 2.24) is 9.80 Å². The topological polar surface area (TPSA) is 6.48 Å². The molecule has 2 atom stereocenters. The van der Waals surface area contributed by atoms with E-state index in [2.05, 4.69) is 37.5 Å². The second-order valence-corrected chi connectivity index (χ2v) is 7.57. The van der Waals surface area contributed by atoms with Crippen LogP contribution in [0.25, 0.3) is 0 Å². The summed E-state index contributed by atoms with van der Waals surface area (Å²) < 4.78 is 0. The van der Waals surface area contributed by atoms with Gasteiger partial charge in [-0.2, -0.15) is 0 Å². The number of piperidine rings is 1. The number of rotatable bonds is 2. The molecule has 18 heavy (non-hydrogen) atoms. The van der Waals surface area contributed by atoms with Gasteiger partial charge in [0.15, 0.2) is 0 Å². The molecule has 0 aromatic rings. The third kappa shape index (κ3) is 3.71. The fourth-order valence-electron chi connectivity index (χ4n) is 3.27. The summed E-state index contributed by atoms with van der Waals surface area (Å²) >= 11 is 0. The van der Waals surface area contributed by atoms with E-state index < -0.39 is 0 Å². The van der Waals surface area contributed by atoms with Crippen LogP contribution in [0.2, 0.25) is 0 Å². The Balaban J connectivity index is 1.89. The van der Waals surface area contributed by atoms with Crippen LogP contribution >= 0.6 is 0 Å². The monoisotopic (exact) mass is 252 g/mol. The zero-order valence-electron chi connectivity index (χ0n) is 12.9. The number of nitrogens with zero attached hydrogens (tertiary/aromatic N) is 2. The van der Waals surface area contributed by atoms with Gasteiger partial charge in [-0.25, -0.2) is 0 Å². The quantitative estimate of drug-likeness (QED) is 0.744. The minimum Gasteiger partial charge on any atom is -0.301 e. The van der Waals surface area contributed by atoms with Crippen molar-refractivity contribution in [2.75, 3.05) is 32.7 Å². The Hall–Kier alpha value is -0.0800. The highest BCUT2D eigenvalue weighted by atomic mass is 15.2. The van der Waals surface area contributed by atoms with Crippen LogP contribution in [0.5, 0.6) is 0 Å². The van der Waals surface area contributed by atoms with Crippen LogP contribution in [0.15, 0.2) is 0 Å². The predicted molar refractivity (Wildman–Crippen MR) is 78.9 cm³/mol. The van der Waals surface area contributed by atoms with Gasteiger partial charge in [0.2, 0.25) is 0 Å². The second kappa shape index (κ2) is 5.92. The molecule has 0 aliphatic carbocycles. The Morgan fingerprint density at radius 3 is 2.50 bits per heavy atom. The van der Waals surface area contributed by atoms with Gasteiger partial charge in [0.1, 0.15) is 0 Å². The molecule has 2 aliphatic heterocycles. The van der Waals surface area contributed by atoms with Gasteiger partial charge in [-0.1, -0.05) is 34.1 Å². The fourth-order valence-corrected chi connectivity index (χ4v) is 3.27. The summed E-state index contributed by atoms with van der Waals surface area (Å²) in [7, 11) is 0. The van der Waals surface area contributed by atoms with Crippen molar-refractivity contribution in [2.45, 2.75) is 59.4 Å². The lowest BCUT2D eigenvalue weighted by Crippen LogP contribution is -2.45. The summed E-state index contributed by atoms with van der Waals surface area (Å²) in [5, 5.41) is 0. The molecule has 0 N–H and O–H groups in total. The summed E-state index contributed by atoms with van der Waals surface area (Å²) in [6.07, 6.45) is 5.67. The molecule has 2 saturated heterocycles. The number of fused-ring (bicyclic) bond motifs is 1. The molecule has 2 unspecified atom stereocenters. The van der Waals surface area contributed by atoms with Crippen molar-refractivity contribution in [3.63, 3.8) is 0 Å². The number of hydrogen-bond acceptors (Lipinski definition) is 2. The van der Waals surface area contributed by atoms with Crippen molar-refractivity contribution in [2.24, 2.45) is 11.3 Å². The average Bonchev–Trinajstić information content (AvgIpc) is 2.49. The SMILES string of the molecule is CC(CN1CCCN2CCCCC2C1)C(C)(C)C. The highest BCUT2D eigenvalue weighted by Crippen LogP contribution is 2.27. The van der Waals surface area contributed by atoms with Gasteiger partial charge in [-0.05, 0) is 50.2 Å². The smallest absolute Gasteiger partial charge is 0.0223 e. The Labute approximate surface area is 114 Å². The van der Waals surface area contributed by atoms with E-state index in [1.165, 1.54) is 58.4 Å². The molecule has 0 aromatic carbocycles. The lowest BCUT2D eigenvalue weighted by molar-refractivity contribution is 0.116. The van der Waals surface area contributed by atoms with Gasteiger partial charge >= 0.3 is 0 Å². The van der Waals surface area contributed by atoms with E-state index in [0.717, 1.165) is 12.0 Å². The molecule has 0 amide bonds. The van der Waals surface area contributed by atoms with E-state index in [-0.39, 0.29) is 0 Å². The Kier molecular flexibility index (Phi) is 4.71. The van der Waals surface area contributed by atoms with E-state index in [9.17, 15) is 0 Å². The average molecular weight is 252 g/mol. The largest absolute Gasteiger partial charge is 0.301 e. The van der Waals surface area contributed by atoms with Gasteiger partial charge in [0.25, 0.3) is 0 Å². The molecule has 0 bridgehead atoms. The molecule has 0 saturated carbocycles. The first kappa shape index (κ1) is 14.3. The van der Waals surface area contributed by atoms with Crippen molar-refractivity contribution >= 4 is 0 Å². The van der Waals surface area contributed by atoms with E-state index in [4.69, 9.17) is 0 Å². The van der Waals surface area contributed by atoms with Crippen molar-refractivity contribution in [3.8, 4) is 0 Å². The van der Waals surface area contributed by atoms with Gasteiger partial charge in [0, 0.05) is 19.1 Å². The van der Waals surface area contributed by atoms with Gasteiger partial charge < -0.3 is 4.90 Å². The van der Waals surface area contributed by atoms with Crippen molar-refractivity contribution in [1.29, 1.82) is 0 Å². The molecule has 2 heterocycles. The molecule has 106 valence electrons. The molecule has 2 fully saturated rings. The summed E-state index contributed by atoms with van der Waals surface area (Å²) in [5.74, 6) is 0.785. The van der Waals surface area contributed by atoms with Crippen LogP contribution < -0.4 is 0 Å². The van der Waals surface area contributed by atoms with Crippen LogP contribution in [0, 0.1) is 11.3 Å². The first-order valence-corrected chi connectivity index (χ1v) is 7.93. The molecule has 2 aliphatic rings. The minimum absolute atomic E-state index is 0.443. The van der Waals surface area contributed by atoms with Crippen molar-refractivity contribution < 1.29 is 0 Å². The zero-order valence-corrected chi connectivity index (χ0v) is 12.9. The van der Waals surface area contributed by atoms with E-state index >= 15 is 0 Å². The third-order valence-corrected chi connectivity index (χ3v) is 5.15. The van der Waals surface area contributed by atoms with Crippen LogP contribution in [0.4, 0.5) is 0 Å². The molecule has 2 heteroatoms. The normalized spacial score (nSPS) is 29.7. The van der Waals surface area contributed by atoms with Crippen LogP contribution in [0.1, 0.15) is 53.4 Å². The maximum atomic E-state index is 2.76. The molecule has 0 spiro atoms. The first-order valence-electron chi connectivity index (χ1n) is 7.93. The van der Waals surface area contributed by atoms with Crippen molar-refractivity contribution in [3.05, 3.63) is 0 Å². The first-order chi connectivity index (χ1) is 8.47. The highest BCUT2D eigenvalue weighted by molar-refractivity contribution is 4.84. The maximum Gasteiger partial charge on any atom is 0.0223 e. The Bertz CT molecular complexity index is 256. The van der Waals surface area contributed by atoms with Crippen LogP contribution in [0.3, 0.4) is 0 Å². The molecular formula is C16H32N2. The number of hydrogen-bond donors (Lipinski definition) is 0. The lowest BCUT2D eigenvalue weighted by atomic mass is 9.81. The summed E-state index contributed by atoms with van der Waals surface area (Å²) in [5.41, 5.74) is 0.443. The lowest BCUT2D eigenvalue weighted by Gasteiger charge is -2.37. The summed E-state index contributed by atoms with van der Waals surface area (Å²) in [6.45, 7) is 16.2. The summed E-state index contributed by atoms with van der Waals surface area (Å²) in [4.78, 5) is 5.50. The molecule has 0 radical (unpaired) electrons. The molecule has 2 rings (SSSR count). The van der Waals surface area contributed by atoms with Gasteiger partial charge in [0.05, 0.1) is 0 Å². The van der Waals surface area contributed by atoms with Crippen LogP contribution in [-0.4, -0.2) is 48.6 Å². The Morgan fingerprint density at radius 2 is 1.78 bits per heavy atom. The molecular weight excluding hydrogens is 220 g/mol. The van der Waals surface area contributed by atoms with E-state index in [1.54, 1.807) is 0 Å². The standard InChI is InChI=1S/C16H32N2/c1-14(16(2,3)4)12-17-9-7-11-18-10-6-5-8-15(18)13-17/h14-15H,5-13H2,1-4H3. The molecule has 2 nitrogen and oxygen atoms in total. The fraction of sp³-hybridized carbons (Fsp3) is 1.00. The van der Waals surface area contributed by atoms with Gasteiger partial charge in [-0.15, -0.1) is 0 Å². The molecule has 0 aromatic heterocycles. The zero-order chi connectivity index (χ0) is 13.2.